The molecule has 2 heterocycles. The molecule has 1 atom stereocenters. The zero-order valence-corrected chi connectivity index (χ0v) is 17.5. The van der Waals surface area contributed by atoms with Crippen molar-refractivity contribution in [3.8, 4) is 5.75 Å². The van der Waals surface area contributed by atoms with E-state index in [4.69, 9.17) is 14.2 Å². The van der Waals surface area contributed by atoms with Crippen LogP contribution in [0.4, 0.5) is 4.39 Å². The SMILES string of the molecule is Cn1c(=O)ccc2cc(COc3cc(F)cc(C(=NO)[C@H]4COC(C)(C)O4)c3)ccc21. The van der Waals surface area contributed by atoms with Crippen LogP contribution in [0.15, 0.2) is 58.5 Å². The van der Waals surface area contributed by atoms with Gasteiger partial charge in [-0.3, -0.25) is 4.79 Å². The van der Waals surface area contributed by atoms with Gasteiger partial charge in [-0.15, -0.1) is 0 Å². The van der Waals surface area contributed by atoms with Crippen LogP contribution in [0.2, 0.25) is 0 Å². The van der Waals surface area contributed by atoms with Gasteiger partial charge in [0.2, 0.25) is 0 Å². The van der Waals surface area contributed by atoms with Crippen LogP contribution in [0.25, 0.3) is 10.9 Å². The molecule has 1 aromatic heterocycles. The molecule has 1 fully saturated rings. The van der Waals surface area contributed by atoms with E-state index in [1.807, 2.05) is 18.2 Å². The zero-order chi connectivity index (χ0) is 22.2. The van der Waals surface area contributed by atoms with Crippen LogP contribution in [0.5, 0.6) is 5.75 Å². The minimum atomic E-state index is -0.813. The van der Waals surface area contributed by atoms with Gasteiger partial charge in [0.25, 0.3) is 5.56 Å². The summed E-state index contributed by atoms with van der Waals surface area (Å²) >= 11 is 0. The number of fused-ring (bicyclic) bond motifs is 1. The number of benzene rings is 2. The first-order chi connectivity index (χ1) is 14.8. The monoisotopic (exact) mass is 426 g/mol. The summed E-state index contributed by atoms with van der Waals surface area (Å²) in [5.74, 6) is -1.05. The van der Waals surface area contributed by atoms with Crippen molar-refractivity contribution in [1.82, 2.24) is 4.57 Å². The first-order valence-corrected chi connectivity index (χ1v) is 9.82. The summed E-state index contributed by atoms with van der Waals surface area (Å²) in [6, 6.07) is 13.0. The van der Waals surface area contributed by atoms with Crippen molar-refractivity contribution < 1.29 is 23.8 Å². The van der Waals surface area contributed by atoms with E-state index in [1.165, 1.54) is 18.2 Å². The van der Waals surface area contributed by atoms with Crippen LogP contribution in [0, 0.1) is 5.82 Å². The van der Waals surface area contributed by atoms with Crippen LogP contribution < -0.4 is 10.3 Å². The fourth-order valence-corrected chi connectivity index (χ4v) is 3.61. The maximum Gasteiger partial charge on any atom is 0.250 e. The third kappa shape index (κ3) is 4.45. The Morgan fingerprint density at radius 1 is 1.26 bits per heavy atom. The van der Waals surface area contributed by atoms with Gasteiger partial charge in [0, 0.05) is 24.7 Å². The maximum atomic E-state index is 14.3. The van der Waals surface area contributed by atoms with Crippen molar-refractivity contribution >= 4 is 16.6 Å². The number of halogens is 1. The van der Waals surface area contributed by atoms with E-state index in [9.17, 15) is 14.4 Å². The Balaban J connectivity index is 1.54. The molecule has 8 heteroatoms. The number of hydrogen-bond acceptors (Lipinski definition) is 6. The second-order valence-corrected chi connectivity index (χ2v) is 7.89. The molecule has 7 nitrogen and oxygen atoms in total. The zero-order valence-electron chi connectivity index (χ0n) is 17.5. The van der Waals surface area contributed by atoms with Crippen molar-refractivity contribution in [3.63, 3.8) is 0 Å². The Kier molecular flexibility index (Phi) is 5.51. The largest absolute Gasteiger partial charge is 0.489 e. The molecule has 0 spiro atoms. The van der Waals surface area contributed by atoms with E-state index in [2.05, 4.69) is 5.16 Å². The molecule has 0 radical (unpaired) electrons. The lowest BCUT2D eigenvalue weighted by atomic mass is 10.1. The molecule has 1 aliphatic heterocycles. The molecule has 4 rings (SSSR count). The fraction of sp³-hybridized carbons (Fsp3) is 0.304. The average molecular weight is 426 g/mol. The van der Waals surface area contributed by atoms with Gasteiger partial charge in [0.15, 0.2) is 5.79 Å². The lowest BCUT2D eigenvalue weighted by Gasteiger charge is -2.18. The Hall–Kier alpha value is -3.23. The van der Waals surface area contributed by atoms with E-state index in [1.54, 1.807) is 37.6 Å². The van der Waals surface area contributed by atoms with E-state index in [-0.39, 0.29) is 30.2 Å². The number of ether oxygens (including phenoxy) is 3. The summed E-state index contributed by atoms with van der Waals surface area (Å²) in [6.45, 7) is 3.90. The van der Waals surface area contributed by atoms with E-state index in [0.717, 1.165) is 16.5 Å². The Bertz CT molecular complexity index is 1220. The third-order valence-electron chi connectivity index (χ3n) is 5.18. The standard InChI is InChI=1S/C23H23FN2O5/c1-23(2)30-13-20(31-23)22(25-28)16-9-17(24)11-18(10-16)29-12-14-4-6-19-15(8-14)5-7-21(27)26(19)3/h4-11,20,28H,12-13H2,1-3H3/t20-/m1/s1. The van der Waals surface area contributed by atoms with Gasteiger partial charge in [0.05, 0.1) is 12.1 Å². The number of nitrogens with zero attached hydrogens (tertiary/aromatic N) is 2. The summed E-state index contributed by atoms with van der Waals surface area (Å²) in [4.78, 5) is 11.8. The highest BCUT2D eigenvalue weighted by molar-refractivity contribution is 6.04. The normalized spacial score (nSPS) is 18.5. The Labute approximate surface area is 178 Å². The molecule has 31 heavy (non-hydrogen) atoms. The first-order valence-electron chi connectivity index (χ1n) is 9.82. The van der Waals surface area contributed by atoms with Crippen molar-refractivity contribution in [2.24, 2.45) is 12.2 Å². The topological polar surface area (TPSA) is 82.3 Å². The molecule has 0 saturated carbocycles. The Morgan fingerprint density at radius 3 is 2.77 bits per heavy atom. The molecule has 1 aliphatic rings. The van der Waals surface area contributed by atoms with Gasteiger partial charge in [-0.2, -0.15) is 0 Å². The summed E-state index contributed by atoms with van der Waals surface area (Å²) in [5, 5.41) is 13.7. The molecule has 1 saturated heterocycles. The molecule has 162 valence electrons. The number of pyridine rings is 1. The number of aromatic nitrogens is 1. The second-order valence-electron chi connectivity index (χ2n) is 7.89. The quantitative estimate of drug-likeness (QED) is 0.383. The average Bonchev–Trinajstić information content (AvgIpc) is 3.09. The Morgan fingerprint density at radius 2 is 2.06 bits per heavy atom. The minimum Gasteiger partial charge on any atom is -0.489 e. The highest BCUT2D eigenvalue weighted by Gasteiger charge is 2.36. The number of hydrogen-bond donors (Lipinski definition) is 1. The van der Waals surface area contributed by atoms with E-state index in [0.29, 0.717) is 5.56 Å². The van der Waals surface area contributed by atoms with Crippen LogP contribution in [-0.4, -0.2) is 34.0 Å². The van der Waals surface area contributed by atoms with Crippen molar-refractivity contribution in [2.45, 2.75) is 32.3 Å². The lowest BCUT2D eigenvalue weighted by Crippen LogP contribution is -2.27. The summed E-state index contributed by atoms with van der Waals surface area (Å²) < 4.78 is 32.9. The number of rotatable bonds is 5. The van der Waals surface area contributed by atoms with Crippen LogP contribution in [0.3, 0.4) is 0 Å². The van der Waals surface area contributed by atoms with Gasteiger partial charge in [-0.05, 0) is 55.1 Å². The van der Waals surface area contributed by atoms with Crippen LogP contribution in [0.1, 0.15) is 25.0 Å². The molecule has 0 unspecified atom stereocenters. The number of oxime groups is 1. The predicted octanol–water partition coefficient (Wildman–Crippen LogP) is 3.59. The number of aryl methyl sites for hydroxylation is 1. The highest BCUT2D eigenvalue weighted by atomic mass is 19.1. The second kappa shape index (κ2) is 8.13. The lowest BCUT2D eigenvalue weighted by molar-refractivity contribution is -0.131. The van der Waals surface area contributed by atoms with Gasteiger partial charge >= 0.3 is 0 Å². The van der Waals surface area contributed by atoms with Gasteiger partial charge in [-0.25, -0.2) is 4.39 Å². The molecular formula is C23H23FN2O5. The van der Waals surface area contributed by atoms with Crippen LogP contribution in [-0.2, 0) is 23.1 Å². The molecule has 0 bridgehead atoms. The molecule has 0 amide bonds. The molecule has 2 aromatic carbocycles. The van der Waals surface area contributed by atoms with Gasteiger partial charge in [-0.1, -0.05) is 11.2 Å². The first kappa shape index (κ1) is 21.0. The smallest absolute Gasteiger partial charge is 0.250 e. The molecule has 3 aromatic rings. The highest BCUT2D eigenvalue weighted by Crippen LogP contribution is 2.27. The summed E-state index contributed by atoms with van der Waals surface area (Å²) in [5.41, 5.74) is 2.11. The third-order valence-corrected chi connectivity index (χ3v) is 5.18. The minimum absolute atomic E-state index is 0.0785. The summed E-state index contributed by atoms with van der Waals surface area (Å²) in [6.07, 6.45) is -0.623. The van der Waals surface area contributed by atoms with E-state index >= 15 is 0 Å². The van der Waals surface area contributed by atoms with Gasteiger partial charge < -0.3 is 24.0 Å². The molecule has 0 aliphatic carbocycles. The van der Waals surface area contributed by atoms with Gasteiger partial charge in [0.1, 0.15) is 30.0 Å². The van der Waals surface area contributed by atoms with Crippen LogP contribution >= 0.6 is 0 Å². The predicted molar refractivity (Wildman–Crippen MR) is 113 cm³/mol. The summed E-state index contributed by atoms with van der Waals surface area (Å²) in [7, 11) is 1.72. The molecule has 1 N–H and O–H groups in total. The molecular weight excluding hydrogens is 403 g/mol. The van der Waals surface area contributed by atoms with Crippen molar-refractivity contribution in [3.05, 3.63) is 75.8 Å². The van der Waals surface area contributed by atoms with Crippen molar-refractivity contribution in [1.29, 1.82) is 0 Å². The van der Waals surface area contributed by atoms with Crippen molar-refractivity contribution in [2.75, 3.05) is 6.61 Å². The maximum absolute atomic E-state index is 14.3. The fourth-order valence-electron chi connectivity index (χ4n) is 3.61. The van der Waals surface area contributed by atoms with E-state index < -0.39 is 17.7 Å².